The number of nitrogens with two attached hydrogens (primary N) is 1. The highest BCUT2D eigenvalue weighted by Gasteiger charge is 2.11. The molecule has 0 heterocycles. The van der Waals surface area contributed by atoms with Gasteiger partial charge in [-0.3, -0.25) is 0 Å². The van der Waals surface area contributed by atoms with Crippen LogP contribution in [0, 0.1) is 19.8 Å². The SMILES string of the molecule is COc1c(C)cc(CC(C)C(C)N)cc1C. The maximum Gasteiger partial charge on any atom is 0.124 e. The zero-order chi connectivity index (χ0) is 12.3. The smallest absolute Gasteiger partial charge is 0.124 e. The first-order chi connectivity index (χ1) is 7.45. The molecule has 2 heteroatoms. The minimum atomic E-state index is 0.239. The molecule has 2 nitrogen and oxygen atoms in total. The van der Waals surface area contributed by atoms with Crippen LogP contribution in [0.1, 0.15) is 30.5 Å². The molecule has 1 aromatic carbocycles. The molecule has 1 aromatic rings. The monoisotopic (exact) mass is 221 g/mol. The van der Waals surface area contributed by atoms with Gasteiger partial charge >= 0.3 is 0 Å². The van der Waals surface area contributed by atoms with Gasteiger partial charge in [0.05, 0.1) is 7.11 Å². The largest absolute Gasteiger partial charge is 0.496 e. The molecule has 0 bridgehead atoms. The second kappa shape index (κ2) is 5.35. The minimum absolute atomic E-state index is 0.239. The molecule has 0 amide bonds. The fourth-order valence-electron chi connectivity index (χ4n) is 2.04. The van der Waals surface area contributed by atoms with E-state index in [0.29, 0.717) is 5.92 Å². The first-order valence-corrected chi connectivity index (χ1v) is 5.85. The van der Waals surface area contributed by atoms with Gasteiger partial charge in [-0.2, -0.15) is 0 Å². The first-order valence-electron chi connectivity index (χ1n) is 5.85. The number of rotatable bonds is 4. The van der Waals surface area contributed by atoms with Crippen molar-refractivity contribution >= 4 is 0 Å². The van der Waals surface area contributed by atoms with Crippen LogP contribution in [-0.4, -0.2) is 13.2 Å². The van der Waals surface area contributed by atoms with Crippen LogP contribution < -0.4 is 10.5 Å². The van der Waals surface area contributed by atoms with Crippen LogP contribution in [-0.2, 0) is 6.42 Å². The summed E-state index contributed by atoms with van der Waals surface area (Å²) in [5, 5.41) is 0. The third-order valence-electron chi connectivity index (χ3n) is 3.18. The molecule has 0 spiro atoms. The summed E-state index contributed by atoms with van der Waals surface area (Å²) >= 11 is 0. The van der Waals surface area contributed by atoms with E-state index < -0.39 is 0 Å². The molecule has 0 radical (unpaired) electrons. The van der Waals surface area contributed by atoms with Gasteiger partial charge in [0.2, 0.25) is 0 Å². The van der Waals surface area contributed by atoms with Gasteiger partial charge in [-0.1, -0.05) is 19.1 Å². The van der Waals surface area contributed by atoms with E-state index in [1.165, 1.54) is 16.7 Å². The predicted molar refractivity (Wildman–Crippen MR) is 69.0 cm³/mol. The average Bonchev–Trinajstić information content (AvgIpc) is 2.16. The summed E-state index contributed by atoms with van der Waals surface area (Å²) in [6.45, 7) is 8.44. The van der Waals surface area contributed by atoms with Gasteiger partial charge in [-0.05, 0) is 49.8 Å². The van der Waals surface area contributed by atoms with Crippen molar-refractivity contribution in [1.29, 1.82) is 0 Å². The predicted octanol–water partition coefficient (Wildman–Crippen LogP) is 2.84. The van der Waals surface area contributed by atoms with Gasteiger partial charge in [0.1, 0.15) is 5.75 Å². The summed E-state index contributed by atoms with van der Waals surface area (Å²) < 4.78 is 5.36. The van der Waals surface area contributed by atoms with E-state index in [0.717, 1.165) is 12.2 Å². The average molecular weight is 221 g/mol. The van der Waals surface area contributed by atoms with Crippen molar-refractivity contribution in [3.05, 3.63) is 28.8 Å². The lowest BCUT2D eigenvalue weighted by molar-refractivity contribution is 0.408. The topological polar surface area (TPSA) is 35.2 Å². The minimum Gasteiger partial charge on any atom is -0.496 e. The van der Waals surface area contributed by atoms with Gasteiger partial charge < -0.3 is 10.5 Å². The van der Waals surface area contributed by atoms with E-state index in [-0.39, 0.29) is 6.04 Å². The van der Waals surface area contributed by atoms with Crippen LogP contribution >= 0.6 is 0 Å². The van der Waals surface area contributed by atoms with Crippen molar-refractivity contribution in [2.24, 2.45) is 11.7 Å². The molecular formula is C14H23NO. The van der Waals surface area contributed by atoms with Crippen LogP contribution in [0.2, 0.25) is 0 Å². The van der Waals surface area contributed by atoms with Gasteiger partial charge in [0.25, 0.3) is 0 Å². The Labute approximate surface area is 98.8 Å². The van der Waals surface area contributed by atoms with Crippen LogP contribution in [0.4, 0.5) is 0 Å². The van der Waals surface area contributed by atoms with Crippen molar-refractivity contribution in [2.45, 2.75) is 40.2 Å². The Bertz CT molecular complexity index is 335. The van der Waals surface area contributed by atoms with E-state index in [1.54, 1.807) is 7.11 Å². The maximum atomic E-state index is 5.89. The Kier molecular flexibility index (Phi) is 4.36. The number of benzene rings is 1. The zero-order valence-electron chi connectivity index (χ0n) is 11.0. The molecule has 0 aliphatic rings. The highest BCUT2D eigenvalue weighted by Crippen LogP contribution is 2.25. The Morgan fingerprint density at radius 1 is 1.19 bits per heavy atom. The lowest BCUT2D eigenvalue weighted by Gasteiger charge is -2.17. The first kappa shape index (κ1) is 13.0. The lowest BCUT2D eigenvalue weighted by atomic mass is 9.93. The van der Waals surface area contributed by atoms with Crippen molar-refractivity contribution in [3.63, 3.8) is 0 Å². The maximum absolute atomic E-state index is 5.89. The van der Waals surface area contributed by atoms with E-state index in [9.17, 15) is 0 Å². The Morgan fingerprint density at radius 2 is 1.69 bits per heavy atom. The molecule has 2 unspecified atom stereocenters. The van der Waals surface area contributed by atoms with Crippen molar-refractivity contribution in [1.82, 2.24) is 0 Å². The second-order valence-electron chi connectivity index (χ2n) is 4.80. The Hall–Kier alpha value is -1.02. The van der Waals surface area contributed by atoms with Crippen LogP contribution in [0.3, 0.4) is 0 Å². The summed E-state index contributed by atoms with van der Waals surface area (Å²) in [5.74, 6) is 1.50. The summed E-state index contributed by atoms with van der Waals surface area (Å²) in [5.41, 5.74) is 9.65. The van der Waals surface area contributed by atoms with Gasteiger partial charge in [-0.15, -0.1) is 0 Å². The van der Waals surface area contributed by atoms with Crippen molar-refractivity contribution in [3.8, 4) is 5.75 Å². The third kappa shape index (κ3) is 2.99. The normalized spacial score (nSPS) is 14.6. The standard InChI is InChI=1S/C14H23NO/c1-9(12(4)15)6-13-7-10(2)14(16-5)11(3)8-13/h7-9,12H,6,15H2,1-5H3. The Balaban J connectivity index is 2.91. The molecule has 0 aromatic heterocycles. The van der Waals surface area contributed by atoms with E-state index in [2.05, 4.69) is 39.8 Å². The number of hydrogen-bond donors (Lipinski definition) is 1. The van der Waals surface area contributed by atoms with Gasteiger partial charge in [0, 0.05) is 6.04 Å². The summed E-state index contributed by atoms with van der Waals surface area (Å²) in [6.07, 6.45) is 1.03. The summed E-state index contributed by atoms with van der Waals surface area (Å²) in [7, 11) is 1.72. The van der Waals surface area contributed by atoms with E-state index >= 15 is 0 Å². The van der Waals surface area contributed by atoms with Gasteiger partial charge in [-0.25, -0.2) is 0 Å². The fraction of sp³-hybridized carbons (Fsp3) is 0.571. The van der Waals surface area contributed by atoms with Crippen LogP contribution in [0.5, 0.6) is 5.75 Å². The summed E-state index contributed by atoms with van der Waals surface area (Å²) in [4.78, 5) is 0. The lowest BCUT2D eigenvalue weighted by Crippen LogP contribution is -2.25. The highest BCUT2D eigenvalue weighted by molar-refractivity contribution is 5.43. The fourth-order valence-corrected chi connectivity index (χ4v) is 2.04. The molecule has 90 valence electrons. The molecule has 0 saturated heterocycles. The number of ether oxygens (including phenoxy) is 1. The van der Waals surface area contributed by atoms with Crippen LogP contribution in [0.15, 0.2) is 12.1 Å². The van der Waals surface area contributed by atoms with E-state index in [4.69, 9.17) is 10.5 Å². The number of hydrogen-bond acceptors (Lipinski definition) is 2. The molecule has 16 heavy (non-hydrogen) atoms. The number of aryl methyl sites for hydroxylation is 2. The molecule has 0 fully saturated rings. The molecule has 0 saturated carbocycles. The highest BCUT2D eigenvalue weighted by atomic mass is 16.5. The summed E-state index contributed by atoms with van der Waals surface area (Å²) in [6, 6.07) is 4.64. The molecule has 1 rings (SSSR count). The van der Waals surface area contributed by atoms with Gasteiger partial charge in [0.15, 0.2) is 0 Å². The Morgan fingerprint density at radius 3 is 2.06 bits per heavy atom. The van der Waals surface area contributed by atoms with Crippen LogP contribution in [0.25, 0.3) is 0 Å². The quantitative estimate of drug-likeness (QED) is 0.848. The van der Waals surface area contributed by atoms with Crippen molar-refractivity contribution in [2.75, 3.05) is 7.11 Å². The molecule has 0 aliphatic carbocycles. The van der Waals surface area contributed by atoms with E-state index in [1.807, 2.05) is 0 Å². The third-order valence-corrected chi connectivity index (χ3v) is 3.18. The molecular weight excluding hydrogens is 198 g/mol. The molecule has 2 atom stereocenters. The second-order valence-corrected chi connectivity index (χ2v) is 4.80. The molecule has 2 N–H and O–H groups in total. The molecule has 0 aliphatic heterocycles. The number of methoxy groups -OCH3 is 1. The van der Waals surface area contributed by atoms with Crippen molar-refractivity contribution < 1.29 is 4.74 Å². The zero-order valence-corrected chi connectivity index (χ0v) is 11.0.